The molecule has 0 aliphatic carbocycles. The van der Waals surface area contributed by atoms with E-state index < -0.39 is 0 Å². The van der Waals surface area contributed by atoms with Crippen molar-refractivity contribution in [3.63, 3.8) is 0 Å². The monoisotopic (exact) mass is 265 g/mol. The van der Waals surface area contributed by atoms with Gasteiger partial charge in [0.05, 0.1) is 11.4 Å². The molecule has 3 rings (SSSR count). The minimum absolute atomic E-state index is 0.234. The Labute approximate surface area is 117 Å². The molecular formula is C16H15N3O. The molecule has 0 bridgehead atoms. The topological polar surface area (TPSA) is 50.9 Å². The van der Waals surface area contributed by atoms with Crippen LogP contribution < -0.4 is 0 Å². The summed E-state index contributed by atoms with van der Waals surface area (Å²) in [5.41, 5.74) is 4.24. The number of pyridine rings is 1. The van der Waals surface area contributed by atoms with E-state index in [9.17, 15) is 5.11 Å². The van der Waals surface area contributed by atoms with Crippen LogP contribution in [0.1, 0.15) is 5.69 Å². The van der Waals surface area contributed by atoms with E-state index in [1.165, 1.54) is 0 Å². The van der Waals surface area contributed by atoms with Gasteiger partial charge in [0.1, 0.15) is 5.69 Å². The highest BCUT2D eigenvalue weighted by Crippen LogP contribution is 2.31. The molecule has 0 saturated heterocycles. The van der Waals surface area contributed by atoms with Crippen LogP contribution in [0.5, 0.6) is 5.75 Å². The van der Waals surface area contributed by atoms with Gasteiger partial charge in [0.15, 0.2) is 5.75 Å². The minimum atomic E-state index is 0.234. The van der Waals surface area contributed by atoms with E-state index in [0.717, 1.165) is 22.5 Å². The van der Waals surface area contributed by atoms with Crippen molar-refractivity contribution >= 4 is 0 Å². The number of benzene rings is 1. The second kappa shape index (κ2) is 4.81. The van der Waals surface area contributed by atoms with Crippen LogP contribution in [0.4, 0.5) is 0 Å². The third-order valence-electron chi connectivity index (χ3n) is 3.42. The van der Waals surface area contributed by atoms with E-state index in [2.05, 4.69) is 10.1 Å². The highest BCUT2D eigenvalue weighted by molar-refractivity contribution is 5.70. The summed E-state index contributed by atoms with van der Waals surface area (Å²) in [6.07, 6.45) is 1.77. The Morgan fingerprint density at radius 2 is 1.70 bits per heavy atom. The number of aromatic hydroxyl groups is 1. The first-order chi connectivity index (χ1) is 9.66. The maximum atomic E-state index is 10.1. The predicted molar refractivity (Wildman–Crippen MR) is 78.3 cm³/mol. The van der Waals surface area contributed by atoms with Crippen LogP contribution in [0.2, 0.25) is 0 Å². The van der Waals surface area contributed by atoms with Crippen LogP contribution in [0.3, 0.4) is 0 Å². The summed E-state index contributed by atoms with van der Waals surface area (Å²) < 4.78 is 1.68. The average Bonchev–Trinajstić information content (AvgIpc) is 2.76. The number of nitrogens with zero attached hydrogens (tertiary/aromatic N) is 3. The van der Waals surface area contributed by atoms with E-state index in [-0.39, 0.29) is 5.75 Å². The molecule has 2 heterocycles. The molecule has 0 aliphatic heterocycles. The molecule has 3 aromatic rings. The predicted octanol–water partition coefficient (Wildman–Crippen LogP) is 3.16. The Hall–Kier alpha value is -2.62. The van der Waals surface area contributed by atoms with E-state index in [0.29, 0.717) is 5.69 Å². The lowest BCUT2D eigenvalue weighted by molar-refractivity contribution is 0.471. The molecule has 1 N–H and O–H groups in total. The van der Waals surface area contributed by atoms with Gasteiger partial charge in [-0.15, -0.1) is 0 Å². The van der Waals surface area contributed by atoms with E-state index in [1.54, 1.807) is 10.9 Å². The molecule has 0 unspecified atom stereocenters. The van der Waals surface area contributed by atoms with Crippen LogP contribution in [0.15, 0.2) is 48.7 Å². The smallest absolute Gasteiger partial charge is 0.164 e. The van der Waals surface area contributed by atoms with Crippen molar-refractivity contribution in [3.05, 3.63) is 54.4 Å². The Bertz CT molecular complexity index is 730. The van der Waals surface area contributed by atoms with E-state index >= 15 is 0 Å². The van der Waals surface area contributed by atoms with Gasteiger partial charge in [0.25, 0.3) is 0 Å². The van der Waals surface area contributed by atoms with Gasteiger partial charge in [0.2, 0.25) is 0 Å². The lowest BCUT2D eigenvalue weighted by Gasteiger charge is -2.02. The Morgan fingerprint density at radius 3 is 2.25 bits per heavy atom. The van der Waals surface area contributed by atoms with Gasteiger partial charge in [-0.1, -0.05) is 30.3 Å². The van der Waals surface area contributed by atoms with Gasteiger partial charge in [-0.05, 0) is 19.1 Å². The molecule has 0 saturated carbocycles. The summed E-state index contributed by atoms with van der Waals surface area (Å²) >= 11 is 0. The summed E-state index contributed by atoms with van der Waals surface area (Å²) in [7, 11) is 1.82. The highest BCUT2D eigenvalue weighted by atomic mass is 16.3. The van der Waals surface area contributed by atoms with Crippen LogP contribution in [-0.4, -0.2) is 19.9 Å². The lowest BCUT2D eigenvalue weighted by atomic mass is 10.1. The zero-order chi connectivity index (χ0) is 14.1. The Kier molecular flexibility index (Phi) is 2.99. The zero-order valence-electron chi connectivity index (χ0n) is 11.4. The van der Waals surface area contributed by atoms with Gasteiger partial charge in [-0.2, -0.15) is 5.10 Å². The third kappa shape index (κ3) is 2.05. The lowest BCUT2D eigenvalue weighted by Crippen LogP contribution is -1.92. The van der Waals surface area contributed by atoms with Crippen LogP contribution in [0.25, 0.3) is 22.5 Å². The average molecular weight is 265 g/mol. The maximum absolute atomic E-state index is 10.1. The molecule has 2 aromatic heterocycles. The molecule has 0 fully saturated rings. The molecule has 20 heavy (non-hydrogen) atoms. The third-order valence-corrected chi connectivity index (χ3v) is 3.42. The Morgan fingerprint density at radius 1 is 1.00 bits per heavy atom. The molecule has 0 radical (unpaired) electrons. The molecule has 4 heteroatoms. The van der Waals surface area contributed by atoms with Crippen molar-refractivity contribution in [2.45, 2.75) is 6.92 Å². The molecule has 0 atom stereocenters. The van der Waals surface area contributed by atoms with Crippen LogP contribution in [-0.2, 0) is 7.05 Å². The van der Waals surface area contributed by atoms with E-state index in [1.807, 2.05) is 56.4 Å². The van der Waals surface area contributed by atoms with Gasteiger partial charge in [-0.3, -0.25) is 9.67 Å². The second-order valence-corrected chi connectivity index (χ2v) is 4.70. The summed E-state index contributed by atoms with van der Waals surface area (Å²) in [6, 6.07) is 13.7. The van der Waals surface area contributed by atoms with Gasteiger partial charge >= 0.3 is 0 Å². The molecular weight excluding hydrogens is 250 g/mol. The quantitative estimate of drug-likeness (QED) is 0.774. The van der Waals surface area contributed by atoms with Crippen molar-refractivity contribution in [2.75, 3.05) is 0 Å². The van der Waals surface area contributed by atoms with Crippen molar-refractivity contribution < 1.29 is 5.11 Å². The molecule has 0 aliphatic rings. The minimum Gasteiger partial charge on any atom is -0.504 e. The first kappa shape index (κ1) is 12.4. The number of aromatic nitrogens is 3. The SMILES string of the molecule is Cc1c(O)c(-c2ccc(-c3ccccn3)cc2)nn1C. The maximum Gasteiger partial charge on any atom is 0.164 e. The standard InChI is InChI=1S/C16H15N3O/c1-11-16(20)15(18-19(11)2)13-8-6-12(7-9-13)14-5-3-4-10-17-14/h3-10,20H,1-2H3. The summed E-state index contributed by atoms with van der Waals surface area (Å²) in [6.45, 7) is 1.84. The van der Waals surface area contributed by atoms with Crippen LogP contribution >= 0.6 is 0 Å². The first-order valence-electron chi connectivity index (χ1n) is 6.41. The summed E-state index contributed by atoms with van der Waals surface area (Å²) in [4.78, 5) is 4.32. The highest BCUT2D eigenvalue weighted by Gasteiger charge is 2.13. The van der Waals surface area contributed by atoms with Crippen LogP contribution in [0, 0.1) is 6.92 Å². The molecule has 100 valence electrons. The fraction of sp³-hybridized carbons (Fsp3) is 0.125. The molecule has 0 amide bonds. The Balaban J connectivity index is 1.99. The van der Waals surface area contributed by atoms with Gasteiger partial charge in [-0.25, -0.2) is 0 Å². The second-order valence-electron chi connectivity index (χ2n) is 4.70. The van der Waals surface area contributed by atoms with Crippen molar-refractivity contribution in [1.82, 2.24) is 14.8 Å². The van der Waals surface area contributed by atoms with Gasteiger partial charge < -0.3 is 5.11 Å². The molecule has 4 nitrogen and oxygen atoms in total. The van der Waals surface area contributed by atoms with Crippen molar-refractivity contribution in [1.29, 1.82) is 0 Å². The first-order valence-corrected chi connectivity index (χ1v) is 6.41. The summed E-state index contributed by atoms with van der Waals surface area (Å²) in [5.74, 6) is 0.234. The number of hydrogen-bond donors (Lipinski definition) is 1. The summed E-state index contributed by atoms with van der Waals surface area (Å²) in [5, 5.41) is 14.4. The number of rotatable bonds is 2. The fourth-order valence-electron chi connectivity index (χ4n) is 2.12. The molecule has 1 aromatic carbocycles. The number of aryl methyl sites for hydroxylation is 1. The number of hydrogen-bond acceptors (Lipinski definition) is 3. The van der Waals surface area contributed by atoms with Gasteiger partial charge in [0, 0.05) is 24.4 Å². The van der Waals surface area contributed by atoms with Crippen molar-refractivity contribution in [2.24, 2.45) is 7.05 Å². The molecule has 0 spiro atoms. The fourth-order valence-corrected chi connectivity index (χ4v) is 2.12. The van der Waals surface area contributed by atoms with Crippen molar-refractivity contribution in [3.8, 4) is 28.3 Å². The zero-order valence-corrected chi connectivity index (χ0v) is 11.4. The van der Waals surface area contributed by atoms with E-state index in [4.69, 9.17) is 0 Å². The normalized spacial score (nSPS) is 10.7. The largest absolute Gasteiger partial charge is 0.504 e.